The predicted molar refractivity (Wildman–Crippen MR) is 117 cm³/mol. The van der Waals surface area contributed by atoms with E-state index in [1.54, 1.807) is 10.8 Å². The number of carbonyl (C=O) groups excluding carboxylic acids is 2. The fraction of sp³-hybridized carbons (Fsp3) is 0.167. The number of aromatic nitrogens is 3. The van der Waals surface area contributed by atoms with E-state index in [0.29, 0.717) is 29.0 Å². The van der Waals surface area contributed by atoms with Gasteiger partial charge in [0.1, 0.15) is 17.4 Å². The van der Waals surface area contributed by atoms with Crippen LogP contribution < -0.4 is 0 Å². The number of Topliss-reactive ketones (excluding diaryl/α,β-unsaturated/α-hetero) is 1. The fourth-order valence-electron chi connectivity index (χ4n) is 3.73. The van der Waals surface area contributed by atoms with Gasteiger partial charge in [-0.15, -0.1) is 0 Å². The van der Waals surface area contributed by atoms with Crippen molar-refractivity contribution in [3.05, 3.63) is 94.8 Å². The Morgan fingerprint density at radius 3 is 2.33 bits per heavy atom. The molecule has 150 valence electrons. The van der Waals surface area contributed by atoms with Crippen molar-refractivity contribution in [2.75, 3.05) is 0 Å². The van der Waals surface area contributed by atoms with Crippen LogP contribution in [0.5, 0.6) is 0 Å². The number of rotatable bonds is 6. The number of aldehydes is 1. The molecule has 0 N–H and O–H groups in total. The van der Waals surface area contributed by atoms with Crippen molar-refractivity contribution in [3.8, 4) is 0 Å². The Bertz CT molecular complexity index is 1230. The summed E-state index contributed by atoms with van der Waals surface area (Å²) in [5.74, 6) is -0.209. The SMILES string of the molecule is CC(C)c1ccc(C(c2nccnc2Cl)n2cc3ccccc3c2C(=O)C=O)cc1. The zero-order valence-corrected chi connectivity index (χ0v) is 17.4. The number of ketones is 1. The molecule has 2 heterocycles. The molecule has 0 spiro atoms. The third-order valence-electron chi connectivity index (χ3n) is 5.23. The van der Waals surface area contributed by atoms with Crippen LogP contribution in [0.4, 0.5) is 0 Å². The maximum Gasteiger partial charge on any atom is 0.242 e. The van der Waals surface area contributed by atoms with Gasteiger partial charge in [0.25, 0.3) is 0 Å². The molecule has 2 aromatic heterocycles. The molecular formula is C24H20ClN3O2. The van der Waals surface area contributed by atoms with Gasteiger partial charge in [-0.2, -0.15) is 0 Å². The molecule has 0 aliphatic carbocycles. The van der Waals surface area contributed by atoms with Gasteiger partial charge in [0, 0.05) is 29.4 Å². The minimum Gasteiger partial charge on any atom is -0.330 e. The molecular weight excluding hydrogens is 398 g/mol. The number of nitrogens with zero attached hydrogens (tertiary/aromatic N) is 3. The summed E-state index contributed by atoms with van der Waals surface area (Å²) in [5, 5.41) is 1.81. The van der Waals surface area contributed by atoms with E-state index in [1.165, 1.54) is 11.8 Å². The first-order valence-electron chi connectivity index (χ1n) is 9.66. The average Bonchev–Trinajstić information content (AvgIpc) is 3.14. The van der Waals surface area contributed by atoms with Crippen molar-refractivity contribution in [1.29, 1.82) is 0 Å². The average molecular weight is 418 g/mol. The summed E-state index contributed by atoms with van der Waals surface area (Å²) in [5.41, 5.74) is 2.91. The second-order valence-corrected chi connectivity index (χ2v) is 7.77. The Morgan fingerprint density at radius 1 is 1.00 bits per heavy atom. The van der Waals surface area contributed by atoms with E-state index >= 15 is 0 Å². The second kappa shape index (κ2) is 8.20. The highest BCUT2D eigenvalue weighted by Gasteiger charge is 2.27. The molecule has 1 unspecified atom stereocenters. The van der Waals surface area contributed by atoms with E-state index in [9.17, 15) is 9.59 Å². The minimum absolute atomic E-state index is 0.248. The third-order valence-corrected chi connectivity index (χ3v) is 5.52. The van der Waals surface area contributed by atoms with Crippen LogP contribution in [-0.2, 0) is 4.79 Å². The molecule has 4 rings (SSSR count). The normalized spacial score (nSPS) is 12.3. The summed E-state index contributed by atoms with van der Waals surface area (Å²) in [6.45, 7) is 4.26. The minimum atomic E-state index is -0.597. The first-order valence-corrected chi connectivity index (χ1v) is 10.0. The topological polar surface area (TPSA) is 64.8 Å². The van der Waals surface area contributed by atoms with Crippen LogP contribution in [0, 0.1) is 0 Å². The Kier molecular flexibility index (Phi) is 5.46. The number of hydrogen-bond donors (Lipinski definition) is 0. The fourth-order valence-corrected chi connectivity index (χ4v) is 3.94. The summed E-state index contributed by atoms with van der Waals surface area (Å²) in [6, 6.07) is 15.1. The van der Waals surface area contributed by atoms with Crippen LogP contribution in [0.25, 0.3) is 10.8 Å². The van der Waals surface area contributed by atoms with Crippen LogP contribution in [0.2, 0.25) is 5.15 Å². The van der Waals surface area contributed by atoms with Gasteiger partial charge >= 0.3 is 0 Å². The zero-order chi connectivity index (χ0) is 21.3. The first-order chi connectivity index (χ1) is 14.5. The summed E-state index contributed by atoms with van der Waals surface area (Å²) in [4.78, 5) is 32.8. The lowest BCUT2D eigenvalue weighted by Gasteiger charge is -2.22. The standard InChI is InChI=1S/C24H20ClN3O2/c1-15(2)16-7-9-17(10-8-16)22(21-24(25)27-12-11-26-21)28-13-18-5-3-4-6-19(18)23(28)20(30)14-29/h3-15,22H,1-2H3. The van der Waals surface area contributed by atoms with Crippen LogP contribution in [0.15, 0.2) is 67.1 Å². The Balaban J connectivity index is 2.01. The number of fused-ring (bicyclic) bond motifs is 1. The number of carbonyl (C=O) groups is 2. The number of hydrogen-bond acceptors (Lipinski definition) is 4. The number of benzene rings is 2. The largest absolute Gasteiger partial charge is 0.330 e. The highest BCUT2D eigenvalue weighted by atomic mass is 35.5. The number of halogens is 1. The van der Waals surface area contributed by atoms with Crippen molar-refractivity contribution >= 4 is 34.4 Å². The highest BCUT2D eigenvalue weighted by Crippen LogP contribution is 2.34. The molecule has 30 heavy (non-hydrogen) atoms. The van der Waals surface area contributed by atoms with Crippen LogP contribution in [-0.4, -0.2) is 26.6 Å². The van der Waals surface area contributed by atoms with E-state index in [-0.39, 0.29) is 5.15 Å². The summed E-state index contributed by atoms with van der Waals surface area (Å²) in [6.07, 6.45) is 5.29. The van der Waals surface area contributed by atoms with Crippen molar-refractivity contribution in [1.82, 2.24) is 14.5 Å². The molecule has 0 saturated carbocycles. The zero-order valence-electron chi connectivity index (χ0n) is 16.6. The molecule has 6 heteroatoms. The molecule has 5 nitrogen and oxygen atoms in total. The molecule has 0 aliphatic rings. The van der Waals surface area contributed by atoms with E-state index in [0.717, 1.165) is 10.9 Å². The van der Waals surface area contributed by atoms with E-state index in [4.69, 9.17) is 11.6 Å². The maximum atomic E-state index is 12.6. The van der Waals surface area contributed by atoms with Crippen LogP contribution >= 0.6 is 11.6 Å². The molecule has 2 aromatic carbocycles. The molecule has 0 bridgehead atoms. The maximum absolute atomic E-state index is 12.6. The Hall–Kier alpha value is -3.31. The highest BCUT2D eigenvalue weighted by molar-refractivity contribution is 6.36. The van der Waals surface area contributed by atoms with Gasteiger partial charge in [0.05, 0.1) is 0 Å². The van der Waals surface area contributed by atoms with Gasteiger partial charge in [0.15, 0.2) is 11.4 Å². The third kappa shape index (κ3) is 3.53. The lowest BCUT2D eigenvalue weighted by molar-refractivity contribution is -0.104. The molecule has 0 fully saturated rings. The Labute approximate surface area is 179 Å². The summed E-state index contributed by atoms with van der Waals surface area (Å²) in [7, 11) is 0. The van der Waals surface area contributed by atoms with Crippen LogP contribution in [0.3, 0.4) is 0 Å². The van der Waals surface area contributed by atoms with E-state index in [2.05, 4.69) is 35.9 Å². The molecule has 1 atom stereocenters. The van der Waals surface area contributed by atoms with Crippen molar-refractivity contribution in [2.24, 2.45) is 0 Å². The lowest BCUT2D eigenvalue weighted by Crippen LogP contribution is -2.19. The van der Waals surface area contributed by atoms with Crippen LogP contribution in [0.1, 0.15) is 53.1 Å². The molecule has 0 amide bonds. The van der Waals surface area contributed by atoms with Crippen molar-refractivity contribution in [2.45, 2.75) is 25.8 Å². The molecule has 0 radical (unpaired) electrons. The Morgan fingerprint density at radius 2 is 1.67 bits per heavy atom. The summed E-state index contributed by atoms with van der Waals surface area (Å²) >= 11 is 6.42. The van der Waals surface area contributed by atoms with Gasteiger partial charge in [-0.1, -0.05) is 74.0 Å². The van der Waals surface area contributed by atoms with E-state index < -0.39 is 11.8 Å². The lowest BCUT2D eigenvalue weighted by atomic mass is 9.97. The summed E-state index contributed by atoms with van der Waals surface area (Å²) < 4.78 is 1.78. The molecule has 0 aliphatic heterocycles. The second-order valence-electron chi connectivity index (χ2n) is 7.41. The van der Waals surface area contributed by atoms with Gasteiger partial charge in [-0.25, -0.2) is 4.98 Å². The van der Waals surface area contributed by atoms with Crippen molar-refractivity contribution < 1.29 is 9.59 Å². The molecule has 0 saturated heterocycles. The quantitative estimate of drug-likeness (QED) is 0.245. The van der Waals surface area contributed by atoms with Gasteiger partial charge in [0.2, 0.25) is 5.78 Å². The van der Waals surface area contributed by atoms with E-state index in [1.807, 2.05) is 42.6 Å². The molecule has 4 aromatic rings. The predicted octanol–water partition coefficient (Wildman–Crippen LogP) is 5.23. The first kappa shape index (κ1) is 20.0. The monoisotopic (exact) mass is 417 g/mol. The van der Waals surface area contributed by atoms with Crippen molar-refractivity contribution in [3.63, 3.8) is 0 Å². The van der Waals surface area contributed by atoms with Gasteiger partial charge in [-0.3, -0.25) is 14.6 Å². The smallest absolute Gasteiger partial charge is 0.242 e. The van der Waals surface area contributed by atoms with Gasteiger partial charge in [-0.05, 0) is 17.0 Å². The van der Waals surface area contributed by atoms with Gasteiger partial charge < -0.3 is 4.57 Å².